The summed E-state index contributed by atoms with van der Waals surface area (Å²) in [5.41, 5.74) is 1.56. The zero-order valence-corrected chi connectivity index (χ0v) is 10.6. The van der Waals surface area contributed by atoms with Gasteiger partial charge in [0.2, 0.25) is 0 Å². The minimum Gasteiger partial charge on any atom is -0.478 e. The fourth-order valence-electron chi connectivity index (χ4n) is 1.75. The summed E-state index contributed by atoms with van der Waals surface area (Å²) in [6.45, 7) is 2.71. The Balaban J connectivity index is 2.40. The third kappa shape index (κ3) is 2.15. The molecule has 0 saturated carbocycles. The molecule has 2 aliphatic heterocycles. The monoisotopic (exact) mass is 255 g/mol. The predicted octanol–water partition coefficient (Wildman–Crippen LogP) is 2.54. The summed E-state index contributed by atoms with van der Waals surface area (Å²) in [5.74, 6) is 0.0106. The Morgan fingerprint density at radius 1 is 1.62 bits per heavy atom. The molecule has 2 rings (SSSR count). The van der Waals surface area contributed by atoms with Crippen LogP contribution in [0.1, 0.15) is 13.3 Å². The molecule has 5 heteroatoms. The molecule has 0 aromatic heterocycles. The van der Waals surface area contributed by atoms with Crippen LogP contribution in [-0.4, -0.2) is 23.4 Å². The number of nitrogens with one attached hydrogen (secondary N) is 1. The highest BCUT2D eigenvalue weighted by molar-refractivity contribution is 8.09. The van der Waals surface area contributed by atoms with Crippen LogP contribution < -0.4 is 5.32 Å². The van der Waals surface area contributed by atoms with Crippen molar-refractivity contribution in [3.63, 3.8) is 0 Å². The van der Waals surface area contributed by atoms with E-state index in [-0.39, 0.29) is 0 Å². The lowest BCUT2D eigenvalue weighted by atomic mass is 10.1. The van der Waals surface area contributed by atoms with Crippen molar-refractivity contribution in [2.75, 3.05) is 12.3 Å². The fourth-order valence-corrected chi connectivity index (χ4v) is 4.08. The molecule has 0 unspecified atom stereocenters. The van der Waals surface area contributed by atoms with E-state index in [2.05, 4.69) is 5.32 Å². The van der Waals surface area contributed by atoms with E-state index in [1.54, 1.807) is 23.5 Å². The number of carboxylic acids is 1. The summed E-state index contributed by atoms with van der Waals surface area (Å²) < 4.78 is 0. The molecular formula is C11H13NO2S2. The molecular weight excluding hydrogens is 242 g/mol. The van der Waals surface area contributed by atoms with Gasteiger partial charge >= 0.3 is 5.97 Å². The maximum Gasteiger partial charge on any atom is 0.331 e. The molecule has 2 N–H and O–H groups in total. The zero-order valence-electron chi connectivity index (χ0n) is 8.95. The number of hydrogen-bond acceptors (Lipinski definition) is 4. The quantitative estimate of drug-likeness (QED) is 0.743. The Morgan fingerprint density at radius 2 is 2.44 bits per heavy atom. The van der Waals surface area contributed by atoms with Crippen molar-refractivity contribution in [2.24, 2.45) is 0 Å². The van der Waals surface area contributed by atoms with Gasteiger partial charge in [0.15, 0.2) is 0 Å². The number of hydrogen-bond donors (Lipinski definition) is 2. The zero-order chi connectivity index (χ0) is 11.5. The molecule has 0 atom stereocenters. The van der Waals surface area contributed by atoms with Crippen LogP contribution >= 0.6 is 23.5 Å². The van der Waals surface area contributed by atoms with Crippen molar-refractivity contribution in [3.05, 3.63) is 32.6 Å². The average Bonchev–Trinajstić information content (AvgIpc) is 2.50. The minimum absolute atomic E-state index is 0.556. The van der Waals surface area contributed by atoms with E-state index < -0.39 is 5.97 Å². The van der Waals surface area contributed by atoms with Gasteiger partial charge in [0.05, 0.1) is 0 Å². The predicted molar refractivity (Wildman–Crippen MR) is 69.2 cm³/mol. The van der Waals surface area contributed by atoms with Crippen molar-refractivity contribution in [1.82, 2.24) is 5.32 Å². The van der Waals surface area contributed by atoms with Crippen LogP contribution in [0.4, 0.5) is 0 Å². The van der Waals surface area contributed by atoms with Gasteiger partial charge in [0.25, 0.3) is 0 Å². The minimum atomic E-state index is -0.784. The summed E-state index contributed by atoms with van der Waals surface area (Å²) in [5, 5.41) is 14.3. The second-order valence-corrected chi connectivity index (χ2v) is 5.44. The lowest BCUT2D eigenvalue weighted by Crippen LogP contribution is -2.06. The van der Waals surface area contributed by atoms with E-state index in [1.807, 2.05) is 18.5 Å². The summed E-state index contributed by atoms with van der Waals surface area (Å²) in [7, 11) is 0. The largest absolute Gasteiger partial charge is 0.478 e. The molecule has 0 fully saturated rings. The lowest BCUT2D eigenvalue weighted by Gasteiger charge is -2.06. The van der Waals surface area contributed by atoms with E-state index in [1.165, 1.54) is 4.91 Å². The average molecular weight is 255 g/mol. The van der Waals surface area contributed by atoms with Crippen molar-refractivity contribution in [2.45, 2.75) is 13.3 Å². The molecule has 0 saturated heterocycles. The fraction of sp³-hybridized carbons (Fsp3) is 0.364. The van der Waals surface area contributed by atoms with Crippen LogP contribution in [0.3, 0.4) is 0 Å². The van der Waals surface area contributed by atoms with Gasteiger partial charge in [-0.2, -0.15) is 0 Å². The van der Waals surface area contributed by atoms with Gasteiger partial charge in [-0.05, 0) is 17.4 Å². The van der Waals surface area contributed by atoms with Crippen LogP contribution in [0.25, 0.3) is 0 Å². The second-order valence-electron chi connectivity index (χ2n) is 3.46. The maximum atomic E-state index is 11.1. The number of carboxylic acid groups (broad SMARTS) is 1. The second kappa shape index (κ2) is 5.01. The third-order valence-corrected chi connectivity index (χ3v) is 4.79. The number of aliphatic carboxylic acids is 1. The molecule has 86 valence electrons. The summed E-state index contributed by atoms with van der Waals surface area (Å²) in [6.07, 6.45) is 2.49. The molecule has 2 aliphatic rings. The van der Waals surface area contributed by atoms with Crippen LogP contribution in [0.15, 0.2) is 32.6 Å². The molecule has 0 radical (unpaired) electrons. The first kappa shape index (κ1) is 11.7. The molecule has 16 heavy (non-hydrogen) atoms. The molecule has 0 amide bonds. The third-order valence-electron chi connectivity index (χ3n) is 2.53. The van der Waals surface area contributed by atoms with E-state index in [0.29, 0.717) is 12.0 Å². The summed E-state index contributed by atoms with van der Waals surface area (Å²) in [4.78, 5) is 13.6. The first-order valence-electron chi connectivity index (χ1n) is 5.10. The Hall–Kier alpha value is -0.810. The molecule has 2 heterocycles. The van der Waals surface area contributed by atoms with Crippen LogP contribution in [-0.2, 0) is 4.79 Å². The highest BCUT2D eigenvalue weighted by atomic mass is 32.2. The highest BCUT2D eigenvalue weighted by Gasteiger charge is 2.25. The van der Waals surface area contributed by atoms with E-state index in [4.69, 9.17) is 5.11 Å². The van der Waals surface area contributed by atoms with Gasteiger partial charge in [-0.25, -0.2) is 4.79 Å². The topological polar surface area (TPSA) is 49.3 Å². The number of carbonyl (C=O) groups is 1. The van der Waals surface area contributed by atoms with E-state index >= 15 is 0 Å². The number of allylic oxidation sites excluding steroid dienone is 1. The van der Waals surface area contributed by atoms with Crippen molar-refractivity contribution >= 4 is 29.5 Å². The van der Waals surface area contributed by atoms with Crippen LogP contribution in [0.5, 0.6) is 0 Å². The van der Waals surface area contributed by atoms with Gasteiger partial charge in [-0.15, -0.1) is 11.8 Å². The van der Waals surface area contributed by atoms with Gasteiger partial charge in [0, 0.05) is 33.9 Å². The Labute approximate surface area is 103 Å². The molecule has 0 aromatic carbocycles. The first-order chi connectivity index (χ1) is 7.74. The Kier molecular flexibility index (Phi) is 3.66. The van der Waals surface area contributed by atoms with Crippen molar-refractivity contribution in [3.8, 4) is 0 Å². The molecule has 3 nitrogen and oxygen atoms in total. The van der Waals surface area contributed by atoms with Crippen molar-refractivity contribution in [1.29, 1.82) is 0 Å². The summed E-state index contributed by atoms with van der Waals surface area (Å²) >= 11 is 3.36. The first-order valence-corrected chi connectivity index (χ1v) is 6.97. The molecule has 0 aliphatic carbocycles. The van der Waals surface area contributed by atoms with Gasteiger partial charge in [-0.3, -0.25) is 0 Å². The van der Waals surface area contributed by atoms with Crippen LogP contribution in [0, 0.1) is 0 Å². The molecule has 0 bridgehead atoms. The van der Waals surface area contributed by atoms with Gasteiger partial charge in [-0.1, -0.05) is 18.7 Å². The number of thioether (sulfide) groups is 2. The molecule has 0 spiro atoms. The van der Waals surface area contributed by atoms with Gasteiger partial charge < -0.3 is 10.4 Å². The lowest BCUT2D eigenvalue weighted by molar-refractivity contribution is -0.132. The van der Waals surface area contributed by atoms with Crippen LogP contribution in [0.2, 0.25) is 0 Å². The standard InChI is InChI=1S/C11H13NO2S2/c1-2-7(11(13)14)8-6-16-9-5-12-3-4-15-10(8)9/h3-4,12H,2,5-6H2,1H3,(H,13,14)/b8-7-. The maximum absolute atomic E-state index is 11.1. The number of rotatable bonds is 2. The molecule has 0 aromatic rings. The van der Waals surface area contributed by atoms with E-state index in [9.17, 15) is 4.79 Å². The Bertz CT molecular complexity index is 410. The van der Waals surface area contributed by atoms with E-state index in [0.717, 1.165) is 22.8 Å². The van der Waals surface area contributed by atoms with Crippen molar-refractivity contribution < 1.29 is 9.90 Å². The SMILES string of the molecule is CC/C(C(=O)O)=C1\CSC2=C1SC=CNC2. The van der Waals surface area contributed by atoms with Gasteiger partial charge in [0.1, 0.15) is 0 Å². The normalized spacial score (nSPS) is 22.6. The highest BCUT2D eigenvalue weighted by Crippen LogP contribution is 2.44. The smallest absolute Gasteiger partial charge is 0.331 e. The Morgan fingerprint density at radius 3 is 3.12 bits per heavy atom. The summed E-state index contributed by atoms with van der Waals surface area (Å²) in [6, 6.07) is 0.